The van der Waals surface area contributed by atoms with Gasteiger partial charge in [-0.2, -0.15) is 0 Å². The fourth-order valence-electron chi connectivity index (χ4n) is 2.04. The van der Waals surface area contributed by atoms with E-state index in [0.717, 1.165) is 16.6 Å². The summed E-state index contributed by atoms with van der Waals surface area (Å²) in [6.07, 6.45) is 3.44. The van der Waals surface area contributed by atoms with Crippen molar-refractivity contribution in [1.29, 1.82) is 0 Å². The van der Waals surface area contributed by atoms with Crippen LogP contribution in [0.2, 0.25) is 0 Å². The molecule has 1 amide bonds. The van der Waals surface area contributed by atoms with E-state index in [1.165, 1.54) is 0 Å². The molecule has 2 aromatic heterocycles. The van der Waals surface area contributed by atoms with Gasteiger partial charge in [-0.15, -0.1) is 0 Å². The fourth-order valence-corrected chi connectivity index (χ4v) is 2.04. The van der Waals surface area contributed by atoms with Gasteiger partial charge in [0.05, 0.1) is 17.8 Å². The largest absolute Gasteiger partial charge is 0.484 e. The van der Waals surface area contributed by atoms with E-state index >= 15 is 0 Å². The summed E-state index contributed by atoms with van der Waals surface area (Å²) in [5, 5.41) is 3.75. The minimum absolute atomic E-state index is 0.0292. The van der Waals surface area contributed by atoms with Crippen molar-refractivity contribution in [2.24, 2.45) is 0 Å². The van der Waals surface area contributed by atoms with Crippen molar-refractivity contribution in [2.75, 3.05) is 6.61 Å². The summed E-state index contributed by atoms with van der Waals surface area (Å²) < 4.78 is 5.50. The Balaban J connectivity index is 1.53. The molecule has 0 saturated carbocycles. The first-order chi connectivity index (χ1) is 10.8. The predicted octanol–water partition coefficient (Wildman–Crippen LogP) is 2.33. The van der Waals surface area contributed by atoms with Gasteiger partial charge in [-0.1, -0.05) is 12.1 Å². The van der Waals surface area contributed by atoms with E-state index in [1.807, 2.05) is 42.5 Å². The summed E-state index contributed by atoms with van der Waals surface area (Å²) in [4.78, 5) is 20.2. The number of hydrogen-bond donors (Lipinski definition) is 1. The van der Waals surface area contributed by atoms with Crippen LogP contribution >= 0.6 is 0 Å². The molecule has 0 fully saturated rings. The number of ether oxygens (including phenoxy) is 1. The van der Waals surface area contributed by atoms with Crippen LogP contribution in [0, 0.1) is 0 Å². The number of aromatic nitrogens is 2. The second kappa shape index (κ2) is 6.67. The standard InChI is InChI=1S/C17H15N3O2/c21-17(20-11-14-5-1-2-8-18-14)12-22-15-6-7-16-13(10-15)4-3-9-19-16/h1-10H,11-12H2,(H,20,21). The topological polar surface area (TPSA) is 64.1 Å². The predicted molar refractivity (Wildman–Crippen MR) is 83.3 cm³/mol. The number of rotatable bonds is 5. The Labute approximate surface area is 128 Å². The monoisotopic (exact) mass is 293 g/mol. The minimum atomic E-state index is -0.183. The highest BCUT2D eigenvalue weighted by molar-refractivity contribution is 5.80. The number of amides is 1. The van der Waals surface area contributed by atoms with Crippen LogP contribution < -0.4 is 10.1 Å². The smallest absolute Gasteiger partial charge is 0.258 e. The van der Waals surface area contributed by atoms with Gasteiger partial charge in [0.25, 0.3) is 5.91 Å². The highest BCUT2D eigenvalue weighted by Crippen LogP contribution is 2.18. The van der Waals surface area contributed by atoms with E-state index in [2.05, 4.69) is 15.3 Å². The van der Waals surface area contributed by atoms with Crippen LogP contribution in [0.15, 0.2) is 60.9 Å². The maximum Gasteiger partial charge on any atom is 0.258 e. The van der Waals surface area contributed by atoms with E-state index in [0.29, 0.717) is 12.3 Å². The molecule has 0 atom stereocenters. The van der Waals surface area contributed by atoms with Crippen molar-refractivity contribution in [1.82, 2.24) is 15.3 Å². The molecular formula is C17H15N3O2. The molecule has 0 spiro atoms. The van der Waals surface area contributed by atoms with Crippen molar-refractivity contribution in [3.05, 3.63) is 66.6 Å². The Morgan fingerprint density at radius 2 is 1.95 bits per heavy atom. The van der Waals surface area contributed by atoms with E-state index in [-0.39, 0.29) is 12.5 Å². The van der Waals surface area contributed by atoms with Gasteiger partial charge in [0.15, 0.2) is 6.61 Å². The third kappa shape index (κ3) is 3.58. The van der Waals surface area contributed by atoms with Crippen molar-refractivity contribution in [3.63, 3.8) is 0 Å². The van der Waals surface area contributed by atoms with Crippen molar-refractivity contribution in [3.8, 4) is 5.75 Å². The molecule has 1 N–H and O–H groups in total. The third-order valence-corrected chi connectivity index (χ3v) is 3.14. The number of pyridine rings is 2. The lowest BCUT2D eigenvalue weighted by Gasteiger charge is -2.08. The maximum atomic E-state index is 11.8. The van der Waals surface area contributed by atoms with Gasteiger partial charge in [0, 0.05) is 17.8 Å². The summed E-state index contributed by atoms with van der Waals surface area (Å²) in [7, 11) is 0. The average Bonchev–Trinajstić information content (AvgIpc) is 2.59. The molecule has 0 radical (unpaired) electrons. The van der Waals surface area contributed by atoms with Crippen LogP contribution in [0.1, 0.15) is 5.69 Å². The summed E-state index contributed by atoms with van der Waals surface area (Å²) in [5.74, 6) is 0.463. The van der Waals surface area contributed by atoms with Gasteiger partial charge in [0.2, 0.25) is 0 Å². The van der Waals surface area contributed by atoms with Crippen LogP contribution in [-0.2, 0) is 11.3 Å². The molecule has 2 heterocycles. The molecular weight excluding hydrogens is 278 g/mol. The van der Waals surface area contributed by atoms with Crippen molar-refractivity contribution < 1.29 is 9.53 Å². The lowest BCUT2D eigenvalue weighted by molar-refractivity contribution is -0.123. The van der Waals surface area contributed by atoms with E-state index in [9.17, 15) is 4.79 Å². The SMILES string of the molecule is O=C(COc1ccc2ncccc2c1)NCc1ccccn1. The Hall–Kier alpha value is -2.95. The molecule has 0 bridgehead atoms. The van der Waals surface area contributed by atoms with Crippen molar-refractivity contribution in [2.45, 2.75) is 6.54 Å². The highest BCUT2D eigenvalue weighted by atomic mass is 16.5. The third-order valence-electron chi connectivity index (χ3n) is 3.14. The minimum Gasteiger partial charge on any atom is -0.484 e. The molecule has 110 valence electrons. The van der Waals surface area contributed by atoms with Gasteiger partial charge in [0.1, 0.15) is 5.75 Å². The first kappa shape index (κ1) is 14.0. The highest BCUT2D eigenvalue weighted by Gasteiger charge is 2.04. The van der Waals surface area contributed by atoms with Gasteiger partial charge in [-0.3, -0.25) is 14.8 Å². The Morgan fingerprint density at radius 3 is 2.82 bits per heavy atom. The van der Waals surface area contributed by atoms with Crippen LogP contribution in [0.25, 0.3) is 10.9 Å². The molecule has 5 heteroatoms. The van der Waals surface area contributed by atoms with Crippen LogP contribution in [-0.4, -0.2) is 22.5 Å². The van der Waals surface area contributed by atoms with E-state index in [1.54, 1.807) is 18.5 Å². The first-order valence-corrected chi connectivity index (χ1v) is 6.95. The van der Waals surface area contributed by atoms with E-state index in [4.69, 9.17) is 4.74 Å². The number of nitrogens with one attached hydrogen (secondary N) is 1. The zero-order chi connectivity index (χ0) is 15.2. The quantitative estimate of drug-likeness (QED) is 0.784. The Bertz CT molecular complexity index is 775. The summed E-state index contributed by atoms with van der Waals surface area (Å²) in [6.45, 7) is 0.364. The summed E-state index contributed by atoms with van der Waals surface area (Å²) in [5.41, 5.74) is 1.71. The number of nitrogens with zero attached hydrogens (tertiary/aromatic N) is 2. The first-order valence-electron chi connectivity index (χ1n) is 6.95. The van der Waals surface area contributed by atoms with Gasteiger partial charge in [-0.05, 0) is 36.4 Å². The zero-order valence-electron chi connectivity index (χ0n) is 11.9. The average molecular weight is 293 g/mol. The normalized spacial score (nSPS) is 10.4. The van der Waals surface area contributed by atoms with Crippen LogP contribution in [0.4, 0.5) is 0 Å². The summed E-state index contributed by atoms with van der Waals surface area (Å²) in [6, 6.07) is 14.9. The van der Waals surface area contributed by atoms with E-state index < -0.39 is 0 Å². The maximum absolute atomic E-state index is 11.8. The number of carbonyl (C=O) groups excluding carboxylic acids is 1. The molecule has 0 aliphatic heterocycles. The van der Waals surface area contributed by atoms with Gasteiger partial charge in [-0.25, -0.2) is 0 Å². The van der Waals surface area contributed by atoms with Crippen LogP contribution in [0.3, 0.4) is 0 Å². The fraction of sp³-hybridized carbons (Fsp3) is 0.118. The van der Waals surface area contributed by atoms with Crippen LogP contribution in [0.5, 0.6) is 5.75 Å². The Morgan fingerprint density at radius 1 is 1.05 bits per heavy atom. The number of carbonyl (C=O) groups is 1. The number of benzene rings is 1. The molecule has 0 saturated heterocycles. The van der Waals surface area contributed by atoms with Crippen molar-refractivity contribution >= 4 is 16.8 Å². The number of hydrogen-bond acceptors (Lipinski definition) is 4. The molecule has 0 aliphatic carbocycles. The second-order valence-corrected chi connectivity index (χ2v) is 4.74. The molecule has 0 unspecified atom stereocenters. The molecule has 1 aromatic carbocycles. The number of fused-ring (bicyclic) bond motifs is 1. The van der Waals surface area contributed by atoms with Gasteiger partial charge >= 0.3 is 0 Å². The molecule has 22 heavy (non-hydrogen) atoms. The Kier molecular flexibility index (Phi) is 4.25. The molecule has 3 aromatic rings. The molecule has 0 aliphatic rings. The second-order valence-electron chi connectivity index (χ2n) is 4.74. The lowest BCUT2D eigenvalue weighted by Crippen LogP contribution is -2.28. The molecule has 3 rings (SSSR count). The zero-order valence-corrected chi connectivity index (χ0v) is 11.9. The lowest BCUT2D eigenvalue weighted by atomic mass is 10.2. The van der Waals surface area contributed by atoms with Gasteiger partial charge < -0.3 is 10.1 Å². The summed E-state index contributed by atoms with van der Waals surface area (Å²) >= 11 is 0. The molecule has 5 nitrogen and oxygen atoms in total.